The van der Waals surface area contributed by atoms with Crippen molar-refractivity contribution in [1.29, 1.82) is 0 Å². The van der Waals surface area contributed by atoms with Crippen LogP contribution in [0.15, 0.2) is 24.3 Å². The van der Waals surface area contributed by atoms with Crippen molar-refractivity contribution in [3.63, 3.8) is 0 Å². The van der Waals surface area contributed by atoms with Gasteiger partial charge in [-0.3, -0.25) is 4.68 Å². The number of nitrogens with one attached hydrogen (secondary N) is 2. The maximum absolute atomic E-state index is 11.0. The van der Waals surface area contributed by atoms with Gasteiger partial charge in [-0.25, -0.2) is 0 Å². The highest BCUT2D eigenvalue weighted by molar-refractivity contribution is 7.18. The molecule has 1 unspecified atom stereocenters. The smallest absolute Gasteiger partial charge is 0.160 e. The van der Waals surface area contributed by atoms with Crippen LogP contribution in [-0.2, 0) is 0 Å². The normalized spacial score (nSPS) is 19.3. The molecule has 2 fully saturated rings. The van der Waals surface area contributed by atoms with Crippen molar-refractivity contribution >= 4 is 44.5 Å². The van der Waals surface area contributed by atoms with E-state index in [1.54, 1.807) is 11.3 Å². The largest absolute Gasteiger partial charge is 0.370 e. The highest BCUT2D eigenvalue weighted by Gasteiger charge is 2.23. The van der Waals surface area contributed by atoms with Gasteiger partial charge in [-0.15, -0.1) is 11.3 Å². The van der Waals surface area contributed by atoms with Gasteiger partial charge in [0, 0.05) is 30.2 Å². The zero-order valence-electron chi connectivity index (χ0n) is 19.5. The molecule has 1 saturated heterocycles. The van der Waals surface area contributed by atoms with Crippen LogP contribution in [0.2, 0.25) is 5.02 Å². The number of aromatic nitrogens is 2. The van der Waals surface area contributed by atoms with Crippen LogP contribution in [0.5, 0.6) is 0 Å². The number of halogens is 1. The minimum Gasteiger partial charge on any atom is -0.370 e. The number of aliphatic hydroxyl groups is 1. The molecule has 5 rings (SSSR count). The Balaban J connectivity index is 1.30. The van der Waals surface area contributed by atoms with E-state index in [0.29, 0.717) is 12.1 Å². The summed E-state index contributed by atoms with van der Waals surface area (Å²) in [6.45, 7) is 4.06. The molecular formula is C25H34ClN5OS. The van der Waals surface area contributed by atoms with Crippen molar-refractivity contribution in [2.75, 3.05) is 30.4 Å². The van der Waals surface area contributed by atoms with Gasteiger partial charge in [0.15, 0.2) is 6.23 Å². The molecule has 33 heavy (non-hydrogen) atoms. The molecule has 2 aromatic heterocycles. The number of aryl methyl sites for hydroxylation is 1. The average molecular weight is 488 g/mol. The summed E-state index contributed by atoms with van der Waals surface area (Å²) in [6, 6.07) is 9.15. The molecule has 1 atom stereocenters. The lowest BCUT2D eigenvalue weighted by Crippen LogP contribution is -2.41. The van der Waals surface area contributed by atoms with E-state index >= 15 is 0 Å². The van der Waals surface area contributed by atoms with E-state index in [1.165, 1.54) is 36.9 Å². The lowest BCUT2D eigenvalue weighted by molar-refractivity contribution is 0.212. The topological polar surface area (TPSA) is 65.3 Å². The quantitative estimate of drug-likeness (QED) is 0.380. The van der Waals surface area contributed by atoms with Crippen molar-refractivity contribution in [1.82, 2.24) is 15.1 Å². The maximum Gasteiger partial charge on any atom is 0.160 e. The Hall–Kier alpha value is -1.80. The molecule has 0 radical (unpaired) electrons. The molecule has 0 spiro atoms. The molecule has 1 aromatic carbocycles. The average Bonchev–Trinajstić information content (AvgIpc) is 3.41. The molecule has 1 aliphatic carbocycles. The number of anilines is 2. The number of aliphatic hydroxyl groups excluding tert-OH is 1. The number of thiophene rings is 1. The Bertz CT molecular complexity index is 1100. The van der Waals surface area contributed by atoms with Gasteiger partial charge in [-0.2, -0.15) is 5.10 Å². The number of nitrogens with zero attached hydrogens (tertiary/aromatic N) is 3. The van der Waals surface area contributed by atoms with Gasteiger partial charge in [0.2, 0.25) is 0 Å². The SMILES string of the molecule is CNC1CCN(c2ccc(NC(O)c3cc4c(C)nn(C5CCCCC5)c4s3)cc2Cl)CC1. The van der Waals surface area contributed by atoms with Crippen LogP contribution >= 0.6 is 22.9 Å². The zero-order chi connectivity index (χ0) is 22.9. The number of fused-ring (bicyclic) bond motifs is 1. The third-order valence-corrected chi connectivity index (χ3v) is 8.75. The van der Waals surface area contributed by atoms with E-state index < -0.39 is 6.23 Å². The minimum absolute atomic E-state index is 0.482. The van der Waals surface area contributed by atoms with E-state index in [1.807, 2.05) is 19.2 Å². The van der Waals surface area contributed by atoms with Crippen molar-refractivity contribution in [3.05, 3.63) is 39.9 Å². The van der Waals surface area contributed by atoms with Crippen LogP contribution < -0.4 is 15.5 Å². The first-order valence-electron chi connectivity index (χ1n) is 12.2. The molecule has 0 bridgehead atoms. The van der Waals surface area contributed by atoms with Crippen molar-refractivity contribution in [2.24, 2.45) is 0 Å². The van der Waals surface area contributed by atoms with E-state index in [0.717, 1.165) is 58.3 Å². The lowest BCUT2D eigenvalue weighted by atomic mass is 9.96. The zero-order valence-corrected chi connectivity index (χ0v) is 21.1. The van der Waals surface area contributed by atoms with Crippen molar-refractivity contribution in [3.8, 4) is 0 Å². The first-order chi connectivity index (χ1) is 16.0. The predicted octanol–water partition coefficient (Wildman–Crippen LogP) is 5.86. The molecular weight excluding hydrogens is 454 g/mol. The summed E-state index contributed by atoms with van der Waals surface area (Å²) < 4.78 is 2.22. The molecule has 6 nitrogen and oxygen atoms in total. The monoisotopic (exact) mass is 487 g/mol. The van der Waals surface area contributed by atoms with E-state index in [2.05, 4.69) is 39.3 Å². The lowest BCUT2D eigenvalue weighted by Gasteiger charge is -2.34. The molecule has 3 heterocycles. The number of piperidine rings is 1. The second-order valence-corrected chi connectivity index (χ2v) is 10.9. The Kier molecular flexibility index (Phi) is 6.84. The Morgan fingerprint density at radius 3 is 2.58 bits per heavy atom. The molecule has 3 aromatic rings. The standard InChI is InChI=1S/C25H34ClN5OS/c1-16-20-15-23(33-25(20)31(29-16)19-6-4-3-5-7-19)24(32)28-18-8-9-22(21(26)14-18)30-12-10-17(27-2)11-13-30/h8-9,14-15,17,19,24,27-28,32H,3-7,10-13H2,1-2H3. The fourth-order valence-electron chi connectivity index (χ4n) is 5.29. The summed E-state index contributed by atoms with van der Waals surface area (Å²) in [5.41, 5.74) is 2.93. The highest BCUT2D eigenvalue weighted by atomic mass is 35.5. The van der Waals surface area contributed by atoms with Gasteiger partial charge in [0.25, 0.3) is 0 Å². The summed E-state index contributed by atoms with van der Waals surface area (Å²) in [5.74, 6) is 0. The molecule has 0 amide bonds. The second kappa shape index (κ2) is 9.82. The maximum atomic E-state index is 11.0. The van der Waals surface area contributed by atoms with Gasteiger partial charge in [0.1, 0.15) is 4.83 Å². The Morgan fingerprint density at radius 1 is 1.12 bits per heavy atom. The number of hydrogen-bond acceptors (Lipinski definition) is 6. The molecule has 2 aliphatic rings. The van der Waals surface area contributed by atoms with Crippen LogP contribution in [0.3, 0.4) is 0 Å². The fraction of sp³-hybridized carbons (Fsp3) is 0.560. The summed E-state index contributed by atoms with van der Waals surface area (Å²) in [4.78, 5) is 4.43. The third-order valence-electron chi connectivity index (χ3n) is 7.27. The highest BCUT2D eigenvalue weighted by Crippen LogP contribution is 2.38. The Labute approximate surface area is 204 Å². The molecule has 1 aliphatic heterocycles. The number of hydrogen-bond donors (Lipinski definition) is 3. The van der Waals surface area contributed by atoms with Crippen molar-refractivity contribution in [2.45, 2.75) is 70.2 Å². The van der Waals surface area contributed by atoms with E-state index in [9.17, 15) is 5.11 Å². The van der Waals surface area contributed by atoms with E-state index in [4.69, 9.17) is 16.7 Å². The van der Waals surface area contributed by atoms with Crippen LogP contribution in [0.1, 0.15) is 67.8 Å². The molecule has 1 saturated carbocycles. The minimum atomic E-state index is -0.783. The van der Waals surface area contributed by atoms with Gasteiger partial charge in [-0.1, -0.05) is 30.9 Å². The fourth-order valence-corrected chi connectivity index (χ4v) is 6.76. The van der Waals surface area contributed by atoms with Crippen LogP contribution in [0.4, 0.5) is 11.4 Å². The van der Waals surface area contributed by atoms with E-state index in [-0.39, 0.29) is 0 Å². The molecule has 8 heteroatoms. The van der Waals surface area contributed by atoms with Crippen LogP contribution in [0.25, 0.3) is 10.2 Å². The second-order valence-electron chi connectivity index (χ2n) is 9.45. The summed E-state index contributed by atoms with van der Waals surface area (Å²) in [5, 5.41) is 24.3. The van der Waals surface area contributed by atoms with Gasteiger partial charge >= 0.3 is 0 Å². The third kappa shape index (κ3) is 4.74. The summed E-state index contributed by atoms with van der Waals surface area (Å²) in [7, 11) is 2.03. The van der Waals surface area contributed by atoms with Gasteiger partial charge in [0.05, 0.1) is 27.3 Å². The number of rotatable bonds is 6. The first-order valence-corrected chi connectivity index (χ1v) is 13.4. The van der Waals surface area contributed by atoms with Crippen molar-refractivity contribution < 1.29 is 5.11 Å². The summed E-state index contributed by atoms with van der Waals surface area (Å²) in [6.07, 6.45) is 7.73. The van der Waals surface area contributed by atoms with Crippen LogP contribution in [-0.4, -0.2) is 41.1 Å². The Morgan fingerprint density at radius 2 is 1.88 bits per heavy atom. The van der Waals surface area contributed by atoms with Crippen LogP contribution in [0, 0.1) is 6.92 Å². The number of benzene rings is 1. The molecule has 3 N–H and O–H groups in total. The molecule has 178 valence electrons. The van der Waals surface area contributed by atoms with Gasteiger partial charge < -0.3 is 20.6 Å². The first kappa shape index (κ1) is 23.0. The summed E-state index contributed by atoms with van der Waals surface area (Å²) >= 11 is 8.29. The predicted molar refractivity (Wildman–Crippen MR) is 139 cm³/mol. The van der Waals surface area contributed by atoms with Gasteiger partial charge in [-0.05, 0) is 63.9 Å².